The van der Waals surface area contributed by atoms with E-state index < -0.39 is 0 Å². The summed E-state index contributed by atoms with van der Waals surface area (Å²) in [5, 5.41) is 0. The smallest absolute Gasteiger partial charge is 0.00962 e. The summed E-state index contributed by atoms with van der Waals surface area (Å²) in [6.07, 6.45) is 5.68. The minimum atomic E-state index is 0.792. The third-order valence-electron chi connectivity index (χ3n) is 4.07. The van der Waals surface area contributed by atoms with E-state index in [9.17, 15) is 0 Å². The number of hydrogen-bond acceptors (Lipinski definition) is 1. The summed E-state index contributed by atoms with van der Waals surface area (Å²) in [6.45, 7) is 2.64. The summed E-state index contributed by atoms with van der Waals surface area (Å²) in [4.78, 5) is 2.71. The van der Waals surface area contributed by atoms with Crippen molar-refractivity contribution < 1.29 is 0 Å². The zero-order valence-corrected chi connectivity index (χ0v) is 9.23. The molecule has 2 heterocycles. The predicted octanol–water partition coefficient (Wildman–Crippen LogP) is 3.03. The monoisotopic (exact) mass is 201 g/mol. The number of piperidine rings is 1. The molecule has 2 atom stereocenters. The Morgan fingerprint density at radius 1 is 1.00 bits per heavy atom. The molecule has 1 aromatic rings. The highest BCUT2D eigenvalue weighted by Gasteiger charge is 2.31. The molecule has 2 saturated heterocycles. The molecule has 15 heavy (non-hydrogen) atoms. The third-order valence-corrected chi connectivity index (χ3v) is 4.07. The first kappa shape index (κ1) is 9.41. The maximum Gasteiger partial charge on any atom is 0.00962 e. The molecule has 0 saturated carbocycles. The van der Waals surface area contributed by atoms with Crippen LogP contribution in [0.3, 0.4) is 0 Å². The molecule has 2 aliphatic rings. The molecule has 1 aromatic carbocycles. The Morgan fingerprint density at radius 3 is 2.73 bits per heavy atom. The Hall–Kier alpha value is -0.820. The summed E-state index contributed by atoms with van der Waals surface area (Å²) < 4.78 is 0. The van der Waals surface area contributed by atoms with Crippen LogP contribution in [0, 0.1) is 0 Å². The Balaban J connectivity index is 1.74. The van der Waals surface area contributed by atoms with Crippen molar-refractivity contribution in [2.75, 3.05) is 13.1 Å². The van der Waals surface area contributed by atoms with Gasteiger partial charge in [0.15, 0.2) is 0 Å². The lowest BCUT2D eigenvalue weighted by Gasteiger charge is -2.35. The Morgan fingerprint density at radius 2 is 1.87 bits per heavy atom. The largest absolute Gasteiger partial charge is 0.300 e. The number of hydrogen-bond donors (Lipinski definition) is 0. The zero-order valence-electron chi connectivity index (χ0n) is 9.23. The minimum Gasteiger partial charge on any atom is -0.300 e. The summed E-state index contributed by atoms with van der Waals surface area (Å²) in [5.74, 6) is 0.792. The van der Waals surface area contributed by atoms with Crippen molar-refractivity contribution in [3.8, 4) is 0 Å². The van der Waals surface area contributed by atoms with Gasteiger partial charge in [0.05, 0.1) is 0 Å². The highest BCUT2D eigenvalue weighted by atomic mass is 15.2. The molecule has 2 aliphatic heterocycles. The van der Waals surface area contributed by atoms with Crippen LogP contribution in [0.25, 0.3) is 0 Å². The van der Waals surface area contributed by atoms with Gasteiger partial charge in [-0.25, -0.2) is 0 Å². The van der Waals surface area contributed by atoms with E-state index in [-0.39, 0.29) is 0 Å². The Bertz CT molecular complexity index is 319. The topological polar surface area (TPSA) is 3.24 Å². The fourth-order valence-electron chi connectivity index (χ4n) is 3.23. The fourth-order valence-corrected chi connectivity index (χ4v) is 3.23. The van der Waals surface area contributed by atoms with Crippen molar-refractivity contribution in [1.82, 2.24) is 4.90 Å². The second kappa shape index (κ2) is 3.97. The van der Waals surface area contributed by atoms with Gasteiger partial charge in [0.1, 0.15) is 0 Å². The van der Waals surface area contributed by atoms with Crippen molar-refractivity contribution in [2.45, 2.75) is 37.6 Å². The molecule has 3 rings (SSSR count). The quantitative estimate of drug-likeness (QED) is 0.675. The first-order chi connectivity index (χ1) is 7.43. The standard InChI is InChI=1S/C14H19N/c1-2-5-12(6-3-1)13-8-9-14-7-4-10-15(14)11-13/h1-3,5-6,13-14H,4,7-11H2. The van der Waals surface area contributed by atoms with E-state index in [0.29, 0.717) is 0 Å². The average Bonchev–Trinajstić information content (AvgIpc) is 2.77. The van der Waals surface area contributed by atoms with Crippen molar-refractivity contribution in [1.29, 1.82) is 0 Å². The fraction of sp³-hybridized carbons (Fsp3) is 0.571. The van der Waals surface area contributed by atoms with Gasteiger partial charge in [0.2, 0.25) is 0 Å². The van der Waals surface area contributed by atoms with Crippen LogP contribution in [0.2, 0.25) is 0 Å². The predicted molar refractivity (Wildman–Crippen MR) is 63.0 cm³/mol. The SMILES string of the molecule is c1ccc(C2CCC3CCCN3C2)cc1. The van der Waals surface area contributed by atoms with Gasteiger partial charge in [-0.05, 0) is 43.7 Å². The molecule has 2 fully saturated rings. The first-order valence-corrected chi connectivity index (χ1v) is 6.22. The van der Waals surface area contributed by atoms with E-state index >= 15 is 0 Å². The van der Waals surface area contributed by atoms with Crippen molar-refractivity contribution in [2.24, 2.45) is 0 Å². The maximum atomic E-state index is 2.71. The maximum absolute atomic E-state index is 2.71. The second-order valence-electron chi connectivity index (χ2n) is 4.98. The molecular formula is C14H19N. The summed E-state index contributed by atoms with van der Waals surface area (Å²) in [5.41, 5.74) is 1.54. The molecule has 2 unspecified atom stereocenters. The number of fused-ring (bicyclic) bond motifs is 1. The lowest BCUT2D eigenvalue weighted by Crippen LogP contribution is -2.37. The molecule has 0 spiro atoms. The van der Waals surface area contributed by atoms with E-state index in [1.165, 1.54) is 38.8 Å². The van der Waals surface area contributed by atoms with E-state index in [1.807, 2.05) is 0 Å². The average molecular weight is 201 g/mol. The zero-order chi connectivity index (χ0) is 10.1. The number of benzene rings is 1. The highest BCUT2D eigenvalue weighted by molar-refractivity contribution is 5.20. The highest BCUT2D eigenvalue weighted by Crippen LogP contribution is 2.34. The van der Waals surface area contributed by atoms with Gasteiger partial charge in [0, 0.05) is 12.6 Å². The van der Waals surface area contributed by atoms with Crippen molar-refractivity contribution >= 4 is 0 Å². The Labute approximate surface area is 92.1 Å². The van der Waals surface area contributed by atoms with Gasteiger partial charge in [-0.3, -0.25) is 4.90 Å². The van der Waals surface area contributed by atoms with Crippen LogP contribution in [-0.4, -0.2) is 24.0 Å². The number of rotatable bonds is 1. The van der Waals surface area contributed by atoms with Crippen LogP contribution >= 0.6 is 0 Å². The summed E-state index contributed by atoms with van der Waals surface area (Å²) >= 11 is 0. The van der Waals surface area contributed by atoms with Crippen LogP contribution in [0.4, 0.5) is 0 Å². The van der Waals surface area contributed by atoms with E-state index in [0.717, 1.165) is 12.0 Å². The van der Waals surface area contributed by atoms with Gasteiger partial charge >= 0.3 is 0 Å². The molecule has 0 aliphatic carbocycles. The van der Waals surface area contributed by atoms with E-state index in [1.54, 1.807) is 5.56 Å². The van der Waals surface area contributed by atoms with Gasteiger partial charge in [-0.2, -0.15) is 0 Å². The van der Waals surface area contributed by atoms with Crippen LogP contribution < -0.4 is 0 Å². The summed E-state index contributed by atoms with van der Waals surface area (Å²) in [6, 6.07) is 12.0. The lowest BCUT2D eigenvalue weighted by molar-refractivity contribution is 0.178. The third kappa shape index (κ3) is 1.81. The minimum absolute atomic E-state index is 0.792. The molecule has 0 bridgehead atoms. The van der Waals surface area contributed by atoms with Gasteiger partial charge in [-0.15, -0.1) is 0 Å². The number of nitrogens with zero attached hydrogens (tertiary/aromatic N) is 1. The molecule has 0 amide bonds. The summed E-state index contributed by atoms with van der Waals surface area (Å²) in [7, 11) is 0. The molecule has 80 valence electrons. The van der Waals surface area contributed by atoms with Gasteiger partial charge in [0.25, 0.3) is 0 Å². The lowest BCUT2D eigenvalue weighted by atomic mass is 9.88. The second-order valence-corrected chi connectivity index (χ2v) is 4.98. The van der Waals surface area contributed by atoms with Gasteiger partial charge in [-0.1, -0.05) is 30.3 Å². The normalized spacial score (nSPS) is 31.5. The molecule has 1 heteroatoms. The first-order valence-electron chi connectivity index (χ1n) is 6.22. The van der Waals surface area contributed by atoms with Crippen LogP contribution in [0.1, 0.15) is 37.2 Å². The molecule has 0 aromatic heterocycles. The van der Waals surface area contributed by atoms with E-state index in [2.05, 4.69) is 35.2 Å². The van der Waals surface area contributed by atoms with Crippen LogP contribution in [0.15, 0.2) is 30.3 Å². The Kier molecular flexibility index (Phi) is 2.49. The molecule has 1 nitrogen and oxygen atoms in total. The van der Waals surface area contributed by atoms with E-state index in [4.69, 9.17) is 0 Å². The van der Waals surface area contributed by atoms with Crippen LogP contribution in [0.5, 0.6) is 0 Å². The van der Waals surface area contributed by atoms with Gasteiger partial charge < -0.3 is 0 Å². The molecular weight excluding hydrogens is 182 g/mol. The van der Waals surface area contributed by atoms with Crippen LogP contribution in [-0.2, 0) is 0 Å². The molecule has 0 N–H and O–H groups in total. The van der Waals surface area contributed by atoms with Crippen molar-refractivity contribution in [3.05, 3.63) is 35.9 Å². The van der Waals surface area contributed by atoms with Crippen molar-refractivity contribution in [3.63, 3.8) is 0 Å². The molecule has 0 radical (unpaired) electrons.